The third kappa shape index (κ3) is 4.34. The first kappa shape index (κ1) is 19.2. The second-order valence-corrected chi connectivity index (χ2v) is 7.86. The van der Waals surface area contributed by atoms with E-state index < -0.39 is 0 Å². The first-order chi connectivity index (χ1) is 14.1. The second-order valence-electron chi connectivity index (χ2n) is 7.86. The number of aromatic amines is 1. The predicted molar refractivity (Wildman–Crippen MR) is 114 cm³/mol. The minimum atomic E-state index is -0.151. The zero-order valence-electron chi connectivity index (χ0n) is 16.7. The van der Waals surface area contributed by atoms with E-state index in [9.17, 15) is 9.59 Å². The van der Waals surface area contributed by atoms with Crippen LogP contribution in [0, 0.1) is 5.92 Å². The molecule has 2 heterocycles. The molecule has 0 spiro atoms. The maximum absolute atomic E-state index is 12.9. The molecule has 2 aromatic carbocycles. The molecule has 1 aliphatic rings. The van der Waals surface area contributed by atoms with Crippen molar-refractivity contribution in [3.63, 3.8) is 0 Å². The quantitative estimate of drug-likeness (QED) is 0.697. The molecule has 0 aliphatic carbocycles. The lowest BCUT2D eigenvalue weighted by Gasteiger charge is -2.32. The predicted octanol–water partition coefficient (Wildman–Crippen LogP) is 3.83. The van der Waals surface area contributed by atoms with Gasteiger partial charge in [0.05, 0.1) is 18.4 Å². The van der Waals surface area contributed by atoms with E-state index in [1.807, 2.05) is 72.6 Å². The van der Waals surface area contributed by atoms with Gasteiger partial charge in [0, 0.05) is 30.2 Å². The van der Waals surface area contributed by atoms with Crippen molar-refractivity contribution in [3.8, 4) is 0 Å². The number of carbonyl (C=O) groups is 2. The van der Waals surface area contributed by atoms with Crippen LogP contribution in [0.4, 0.5) is 0 Å². The second kappa shape index (κ2) is 8.52. The first-order valence-electron chi connectivity index (χ1n) is 10.3. The molecule has 2 amide bonds. The highest BCUT2D eigenvalue weighted by atomic mass is 16.2. The summed E-state index contributed by atoms with van der Waals surface area (Å²) in [6, 6.07) is 17.9. The van der Waals surface area contributed by atoms with Gasteiger partial charge in [-0.3, -0.25) is 9.59 Å². The Labute approximate surface area is 171 Å². The summed E-state index contributed by atoms with van der Waals surface area (Å²) >= 11 is 0. The van der Waals surface area contributed by atoms with E-state index in [-0.39, 0.29) is 23.8 Å². The van der Waals surface area contributed by atoms with Crippen LogP contribution in [-0.4, -0.2) is 34.8 Å². The fourth-order valence-corrected chi connectivity index (χ4v) is 4.13. The van der Waals surface area contributed by atoms with Gasteiger partial charge in [-0.05, 0) is 37.0 Å². The SMILES string of the molecule is C[C@@H](NC(=O)[C@H]1CCCN(C(=O)Cc2c[nH]c3ccccc23)C1)c1ccccc1. The lowest BCUT2D eigenvalue weighted by atomic mass is 9.95. The highest BCUT2D eigenvalue weighted by Crippen LogP contribution is 2.22. The van der Waals surface area contributed by atoms with Gasteiger partial charge in [-0.25, -0.2) is 0 Å². The summed E-state index contributed by atoms with van der Waals surface area (Å²) in [7, 11) is 0. The van der Waals surface area contributed by atoms with Crippen molar-refractivity contribution in [1.82, 2.24) is 15.2 Å². The van der Waals surface area contributed by atoms with E-state index in [4.69, 9.17) is 0 Å². The normalized spacial score (nSPS) is 17.8. The molecule has 1 aromatic heterocycles. The minimum Gasteiger partial charge on any atom is -0.361 e. The summed E-state index contributed by atoms with van der Waals surface area (Å²) in [5.74, 6) is -0.0314. The first-order valence-corrected chi connectivity index (χ1v) is 10.3. The van der Waals surface area contributed by atoms with Crippen LogP contribution in [-0.2, 0) is 16.0 Å². The third-order valence-corrected chi connectivity index (χ3v) is 5.82. The summed E-state index contributed by atoms with van der Waals surface area (Å²) in [6.07, 6.45) is 3.96. The van der Waals surface area contributed by atoms with Gasteiger partial charge < -0.3 is 15.2 Å². The van der Waals surface area contributed by atoms with Crippen LogP contribution in [0.5, 0.6) is 0 Å². The molecule has 0 radical (unpaired) electrons. The van der Waals surface area contributed by atoms with E-state index in [0.29, 0.717) is 13.0 Å². The Morgan fingerprint density at radius 3 is 2.72 bits per heavy atom. The summed E-state index contributed by atoms with van der Waals surface area (Å²) in [4.78, 5) is 30.8. The van der Waals surface area contributed by atoms with Crippen molar-refractivity contribution in [2.45, 2.75) is 32.2 Å². The van der Waals surface area contributed by atoms with Gasteiger partial charge in [0.25, 0.3) is 0 Å². The minimum absolute atomic E-state index is 0.0333. The number of piperidine rings is 1. The summed E-state index contributed by atoms with van der Waals surface area (Å²) < 4.78 is 0. The third-order valence-electron chi connectivity index (χ3n) is 5.82. The van der Waals surface area contributed by atoms with Crippen LogP contribution >= 0.6 is 0 Å². The monoisotopic (exact) mass is 389 g/mol. The highest BCUT2D eigenvalue weighted by molar-refractivity contribution is 5.89. The van der Waals surface area contributed by atoms with Crippen LogP contribution in [0.2, 0.25) is 0 Å². The zero-order chi connectivity index (χ0) is 20.2. The number of aromatic nitrogens is 1. The Morgan fingerprint density at radius 2 is 1.90 bits per heavy atom. The van der Waals surface area contributed by atoms with Crippen molar-refractivity contribution in [2.75, 3.05) is 13.1 Å². The molecular formula is C24H27N3O2. The number of nitrogens with zero attached hydrogens (tertiary/aromatic N) is 1. The number of fused-ring (bicyclic) bond motifs is 1. The standard InChI is InChI=1S/C24H27N3O2/c1-17(18-8-3-2-4-9-18)26-24(29)19-10-7-13-27(16-19)23(28)14-20-15-25-22-12-6-5-11-21(20)22/h2-6,8-9,11-12,15,17,19,25H,7,10,13-14,16H2,1H3,(H,26,29)/t17-,19+/m1/s1. The topological polar surface area (TPSA) is 65.2 Å². The number of carbonyl (C=O) groups excluding carboxylic acids is 2. The van der Waals surface area contributed by atoms with Gasteiger partial charge in [0.15, 0.2) is 0 Å². The number of hydrogen-bond acceptors (Lipinski definition) is 2. The van der Waals surface area contributed by atoms with Crippen LogP contribution in [0.1, 0.15) is 36.9 Å². The Hall–Kier alpha value is -3.08. The molecule has 2 atom stereocenters. The number of H-pyrrole nitrogens is 1. The molecule has 3 aromatic rings. The van der Waals surface area contributed by atoms with Gasteiger partial charge in [0.1, 0.15) is 0 Å². The van der Waals surface area contributed by atoms with E-state index >= 15 is 0 Å². The molecule has 29 heavy (non-hydrogen) atoms. The van der Waals surface area contributed by atoms with Gasteiger partial charge in [-0.2, -0.15) is 0 Å². The van der Waals surface area contributed by atoms with Crippen molar-refractivity contribution < 1.29 is 9.59 Å². The molecule has 150 valence electrons. The molecule has 0 bridgehead atoms. The maximum atomic E-state index is 12.9. The largest absolute Gasteiger partial charge is 0.361 e. The number of likely N-dealkylation sites (tertiary alicyclic amines) is 1. The van der Waals surface area contributed by atoms with Crippen LogP contribution in [0.3, 0.4) is 0 Å². The Balaban J connectivity index is 1.37. The molecule has 1 aliphatic heterocycles. The van der Waals surface area contributed by atoms with Gasteiger partial charge in [0.2, 0.25) is 11.8 Å². The smallest absolute Gasteiger partial charge is 0.227 e. The Bertz CT molecular complexity index is 996. The summed E-state index contributed by atoms with van der Waals surface area (Å²) in [5, 5.41) is 4.20. The number of rotatable bonds is 5. The summed E-state index contributed by atoms with van der Waals surface area (Å²) in [5.41, 5.74) is 3.14. The molecule has 0 unspecified atom stereocenters. The molecule has 2 N–H and O–H groups in total. The summed E-state index contributed by atoms with van der Waals surface area (Å²) in [6.45, 7) is 3.21. The van der Waals surface area contributed by atoms with E-state index in [1.165, 1.54) is 0 Å². The van der Waals surface area contributed by atoms with Crippen molar-refractivity contribution in [3.05, 3.63) is 71.9 Å². The molecule has 1 saturated heterocycles. The van der Waals surface area contributed by atoms with Crippen LogP contribution in [0.25, 0.3) is 10.9 Å². The number of para-hydroxylation sites is 1. The molecule has 0 saturated carbocycles. The Morgan fingerprint density at radius 1 is 1.14 bits per heavy atom. The number of nitrogens with one attached hydrogen (secondary N) is 2. The Kier molecular flexibility index (Phi) is 5.65. The fourth-order valence-electron chi connectivity index (χ4n) is 4.13. The zero-order valence-corrected chi connectivity index (χ0v) is 16.7. The fraction of sp³-hybridized carbons (Fsp3) is 0.333. The molecule has 5 heteroatoms. The molecule has 5 nitrogen and oxygen atoms in total. The highest BCUT2D eigenvalue weighted by Gasteiger charge is 2.29. The molecule has 1 fully saturated rings. The van der Waals surface area contributed by atoms with Crippen molar-refractivity contribution in [2.24, 2.45) is 5.92 Å². The van der Waals surface area contributed by atoms with Crippen molar-refractivity contribution >= 4 is 22.7 Å². The lowest BCUT2D eigenvalue weighted by Crippen LogP contribution is -2.46. The van der Waals surface area contributed by atoms with E-state index in [0.717, 1.165) is 41.4 Å². The van der Waals surface area contributed by atoms with Crippen molar-refractivity contribution in [1.29, 1.82) is 0 Å². The van der Waals surface area contributed by atoms with Gasteiger partial charge >= 0.3 is 0 Å². The molecule has 4 rings (SSSR count). The average Bonchev–Trinajstić information content (AvgIpc) is 3.17. The maximum Gasteiger partial charge on any atom is 0.227 e. The van der Waals surface area contributed by atoms with E-state index in [1.54, 1.807) is 0 Å². The van der Waals surface area contributed by atoms with E-state index in [2.05, 4.69) is 10.3 Å². The van der Waals surface area contributed by atoms with Crippen LogP contribution < -0.4 is 5.32 Å². The number of hydrogen-bond donors (Lipinski definition) is 2. The number of amides is 2. The average molecular weight is 389 g/mol. The number of benzene rings is 2. The van der Waals surface area contributed by atoms with Crippen LogP contribution in [0.15, 0.2) is 60.8 Å². The van der Waals surface area contributed by atoms with Gasteiger partial charge in [-0.1, -0.05) is 48.5 Å². The van der Waals surface area contributed by atoms with Gasteiger partial charge in [-0.15, -0.1) is 0 Å². The molecular weight excluding hydrogens is 362 g/mol. The lowest BCUT2D eigenvalue weighted by molar-refractivity contribution is -0.135.